The van der Waals surface area contributed by atoms with Crippen molar-refractivity contribution < 1.29 is 5.11 Å². The summed E-state index contributed by atoms with van der Waals surface area (Å²) >= 11 is 0. The van der Waals surface area contributed by atoms with Crippen LogP contribution in [0.15, 0.2) is 79.0 Å². The molecule has 1 heterocycles. The Morgan fingerprint density at radius 3 is 2.14 bits per heavy atom. The van der Waals surface area contributed by atoms with E-state index < -0.39 is 6.10 Å². The average molecular weight is 290 g/mol. The van der Waals surface area contributed by atoms with Gasteiger partial charge < -0.3 is 10.4 Å². The second kappa shape index (κ2) is 6.87. The first kappa shape index (κ1) is 14.3. The van der Waals surface area contributed by atoms with Crippen molar-refractivity contribution >= 4 is 5.82 Å². The highest BCUT2D eigenvalue weighted by Crippen LogP contribution is 2.21. The van der Waals surface area contributed by atoms with Crippen molar-refractivity contribution in [1.82, 2.24) is 4.98 Å². The van der Waals surface area contributed by atoms with E-state index in [-0.39, 0.29) is 0 Å². The Kier molecular flexibility index (Phi) is 4.47. The normalized spacial score (nSPS) is 11.9. The summed E-state index contributed by atoms with van der Waals surface area (Å²) in [6, 6.07) is 23.6. The molecular weight excluding hydrogens is 272 g/mol. The summed E-state index contributed by atoms with van der Waals surface area (Å²) in [5.41, 5.74) is 2.86. The lowest BCUT2D eigenvalue weighted by Crippen LogP contribution is -2.03. The first-order chi connectivity index (χ1) is 10.8. The van der Waals surface area contributed by atoms with E-state index in [1.807, 2.05) is 60.7 Å². The summed E-state index contributed by atoms with van der Waals surface area (Å²) in [5.74, 6) is 0.799. The Morgan fingerprint density at radius 2 is 1.50 bits per heavy atom. The van der Waals surface area contributed by atoms with Crippen molar-refractivity contribution in [2.75, 3.05) is 5.32 Å². The lowest BCUT2D eigenvalue weighted by Gasteiger charge is -2.12. The molecule has 3 heteroatoms. The quantitative estimate of drug-likeness (QED) is 0.751. The van der Waals surface area contributed by atoms with Gasteiger partial charge in [0.05, 0.1) is 0 Å². The lowest BCUT2D eigenvalue weighted by atomic mass is 10.0. The third-order valence-corrected chi connectivity index (χ3v) is 3.53. The van der Waals surface area contributed by atoms with Gasteiger partial charge in [0.15, 0.2) is 0 Å². The molecule has 0 radical (unpaired) electrons. The zero-order chi connectivity index (χ0) is 15.2. The van der Waals surface area contributed by atoms with E-state index in [9.17, 15) is 5.11 Å². The number of benzene rings is 2. The highest BCUT2D eigenvalue weighted by Gasteiger charge is 2.10. The Morgan fingerprint density at radius 1 is 0.818 bits per heavy atom. The molecule has 22 heavy (non-hydrogen) atoms. The van der Waals surface area contributed by atoms with Crippen LogP contribution in [-0.4, -0.2) is 10.1 Å². The highest BCUT2D eigenvalue weighted by atomic mass is 16.3. The van der Waals surface area contributed by atoms with Gasteiger partial charge in [0.2, 0.25) is 0 Å². The molecule has 0 saturated heterocycles. The van der Waals surface area contributed by atoms with Crippen LogP contribution in [0.2, 0.25) is 0 Å². The SMILES string of the molecule is O[C@@H](c1ccccc1)c1ccc(NCc2ccccc2)nc1. The number of anilines is 1. The minimum Gasteiger partial charge on any atom is -0.384 e. The summed E-state index contributed by atoms with van der Waals surface area (Å²) < 4.78 is 0. The largest absolute Gasteiger partial charge is 0.384 e. The molecule has 0 unspecified atom stereocenters. The van der Waals surface area contributed by atoms with Gasteiger partial charge in [0.1, 0.15) is 11.9 Å². The third kappa shape index (κ3) is 3.51. The number of pyridine rings is 1. The fourth-order valence-corrected chi connectivity index (χ4v) is 2.29. The molecule has 0 amide bonds. The smallest absolute Gasteiger partial charge is 0.126 e. The molecule has 0 fully saturated rings. The van der Waals surface area contributed by atoms with Gasteiger partial charge in [-0.25, -0.2) is 4.98 Å². The first-order valence-corrected chi connectivity index (χ1v) is 7.30. The second-order valence-electron chi connectivity index (χ2n) is 5.13. The molecule has 1 atom stereocenters. The molecule has 3 rings (SSSR count). The van der Waals surface area contributed by atoms with Gasteiger partial charge in [-0.2, -0.15) is 0 Å². The van der Waals surface area contributed by atoms with Gasteiger partial charge in [-0.05, 0) is 17.2 Å². The first-order valence-electron chi connectivity index (χ1n) is 7.30. The molecule has 2 aromatic carbocycles. The Hall–Kier alpha value is -2.65. The standard InChI is InChI=1S/C19H18N2O/c22-19(16-9-5-2-6-10-16)17-11-12-18(21-14-17)20-13-15-7-3-1-4-8-15/h1-12,14,19,22H,13H2,(H,20,21)/t19-/m0/s1. The highest BCUT2D eigenvalue weighted by molar-refractivity contribution is 5.39. The summed E-state index contributed by atoms with van der Waals surface area (Å²) in [7, 11) is 0. The lowest BCUT2D eigenvalue weighted by molar-refractivity contribution is 0.220. The fraction of sp³-hybridized carbons (Fsp3) is 0.105. The number of nitrogens with zero attached hydrogens (tertiary/aromatic N) is 1. The number of aliphatic hydroxyl groups is 1. The molecule has 1 aromatic heterocycles. The fourth-order valence-electron chi connectivity index (χ4n) is 2.29. The zero-order valence-corrected chi connectivity index (χ0v) is 12.2. The molecule has 0 aliphatic rings. The van der Waals surface area contributed by atoms with Gasteiger partial charge in [-0.1, -0.05) is 66.7 Å². The molecule has 0 aliphatic heterocycles. The van der Waals surface area contributed by atoms with Crippen LogP contribution in [-0.2, 0) is 6.54 Å². The Balaban J connectivity index is 1.65. The van der Waals surface area contributed by atoms with E-state index in [0.717, 1.165) is 23.5 Å². The van der Waals surface area contributed by atoms with Crippen molar-refractivity contribution in [2.45, 2.75) is 12.6 Å². The van der Waals surface area contributed by atoms with Crippen LogP contribution >= 0.6 is 0 Å². The van der Waals surface area contributed by atoms with E-state index in [2.05, 4.69) is 22.4 Å². The predicted molar refractivity (Wildman–Crippen MR) is 88.5 cm³/mol. The molecule has 0 bridgehead atoms. The Labute approximate surface area is 130 Å². The van der Waals surface area contributed by atoms with Crippen LogP contribution in [0.5, 0.6) is 0 Å². The van der Waals surface area contributed by atoms with Crippen LogP contribution in [0.25, 0.3) is 0 Å². The predicted octanol–water partition coefficient (Wildman–Crippen LogP) is 3.78. The number of hydrogen-bond donors (Lipinski definition) is 2. The number of rotatable bonds is 5. The third-order valence-electron chi connectivity index (χ3n) is 3.53. The number of nitrogens with one attached hydrogen (secondary N) is 1. The summed E-state index contributed by atoms with van der Waals surface area (Å²) in [4.78, 5) is 4.37. The van der Waals surface area contributed by atoms with Gasteiger partial charge in [-0.15, -0.1) is 0 Å². The number of hydrogen-bond acceptors (Lipinski definition) is 3. The van der Waals surface area contributed by atoms with E-state index in [1.165, 1.54) is 5.56 Å². The summed E-state index contributed by atoms with van der Waals surface area (Å²) in [6.45, 7) is 0.731. The minimum atomic E-state index is -0.642. The molecular formula is C19H18N2O. The van der Waals surface area contributed by atoms with Crippen molar-refractivity contribution in [2.24, 2.45) is 0 Å². The molecule has 0 aliphatic carbocycles. The average Bonchev–Trinajstić information content (AvgIpc) is 2.61. The summed E-state index contributed by atoms with van der Waals surface area (Å²) in [5, 5.41) is 13.6. The second-order valence-corrected chi connectivity index (χ2v) is 5.13. The van der Waals surface area contributed by atoms with Crippen molar-refractivity contribution in [3.63, 3.8) is 0 Å². The topological polar surface area (TPSA) is 45.1 Å². The van der Waals surface area contributed by atoms with Crippen LogP contribution in [0.1, 0.15) is 22.8 Å². The van der Waals surface area contributed by atoms with Crippen molar-refractivity contribution in [3.05, 3.63) is 95.7 Å². The Bertz CT molecular complexity index is 697. The van der Waals surface area contributed by atoms with Gasteiger partial charge in [0, 0.05) is 18.3 Å². The number of aliphatic hydroxyl groups excluding tert-OH is 1. The monoisotopic (exact) mass is 290 g/mol. The maximum Gasteiger partial charge on any atom is 0.126 e. The van der Waals surface area contributed by atoms with Crippen LogP contribution in [0, 0.1) is 0 Å². The van der Waals surface area contributed by atoms with Crippen LogP contribution in [0.4, 0.5) is 5.82 Å². The molecule has 0 saturated carbocycles. The van der Waals surface area contributed by atoms with E-state index >= 15 is 0 Å². The maximum atomic E-state index is 10.3. The van der Waals surface area contributed by atoms with Crippen molar-refractivity contribution in [3.8, 4) is 0 Å². The minimum absolute atomic E-state index is 0.642. The van der Waals surface area contributed by atoms with Gasteiger partial charge in [-0.3, -0.25) is 0 Å². The molecule has 0 spiro atoms. The maximum absolute atomic E-state index is 10.3. The van der Waals surface area contributed by atoms with E-state index in [1.54, 1.807) is 6.20 Å². The van der Waals surface area contributed by atoms with E-state index in [4.69, 9.17) is 0 Å². The van der Waals surface area contributed by atoms with Gasteiger partial charge >= 0.3 is 0 Å². The molecule has 3 aromatic rings. The number of aromatic nitrogens is 1. The van der Waals surface area contributed by atoms with Crippen LogP contribution < -0.4 is 5.32 Å². The molecule has 3 nitrogen and oxygen atoms in total. The summed E-state index contributed by atoms with van der Waals surface area (Å²) in [6.07, 6.45) is 1.07. The van der Waals surface area contributed by atoms with Crippen LogP contribution in [0.3, 0.4) is 0 Å². The van der Waals surface area contributed by atoms with Crippen molar-refractivity contribution in [1.29, 1.82) is 0 Å². The molecule has 2 N–H and O–H groups in total. The zero-order valence-electron chi connectivity index (χ0n) is 12.2. The van der Waals surface area contributed by atoms with Gasteiger partial charge in [0.25, 0.3) is 0 Å². The molecule has 110 valence electrons. The van der Waals surface area contributed by atoms with E-state index in [0.29, 0.717) is 0 Å².